The second-order valence-corrected chi connectivity index (χ2v) is 8.16. The molecule has 152 valence electrons. The maximum Gasteiger partial charge on any atom is 0.338 e. The summed E-state index contributed by atoms with van der Waals surface area (Å²) in [7, 11) is 0. The highest BCUT2D eigenvalue weighted by Crippen LogP contribution is 2.20. The van der Waals surface area contributed by atoms with E-state index in [4.69, 9.17) is 4.74 Å². The highest BCUT2D eigenvalue weighted by atomic mass is 32.1. The van der Waals surface area contributed by atoms with E-state index in [1.807, 2.05) is 13.8 Å². The lowest BCUT2D eigenvalue weighted by molar-refractivity contribution is -0.118. The highest BCUT2D eigenvalue weighted by Gasteiger charge is 2.14. The van der Waals surface area contributed by atoms with E-state index in [2.05, 4.69) is 15.4 Å². The molecule has 0 saturated carbocycles. The average molecular weight is 414 g/mol. The zero-order valence-electron chi connectivity index (χ0n) is 16.6. The second-order valence-electron chi connectivity index (χ2n) is 7.17. The summed E-state index contributed by atoms with van der Waals surface area (Å²) in [5.74, 6) is -0.586. The molecule has 0 bridgehead atoms. The molecule has 0 atom stereocenters. The van der Waals surface area contributed by atoms with Crippen molar-refractivity contribution in [2.45, 2.75) is 40.2 Å². The molecule has 0 aliphatic rings. The zero-order chi connectivity index (χ0) is 21.1. The number of anilines is 1. The summed E-state index contributed by atoms with van der Waals surface area (Å²) in [5, 5.41) is 7.83. The van der Waals surface area contributed by atoms with Crippen LogP contribution in [0.5, 0.6) is 0 Å². The van der Waals surface area contributed by atoms with Crippen LogP contribution < -0.4 is 10.9 Å². The first-order chi connectivity index (χ1) is 13.7. The molecule has 0 radical (unpaired) electrons. The molecule has 0 fully saturated rings. The molecule has 1 amide bonds. The fraction of sp³-hybridized carbons (Fsp3) is 0.350. The maximum atomic E-state index is 12.3. The van der Waals surface area contributed by atoms with Crippen LogP contribution in [0.4, 0.5) is 5.69 Å². The van der Waals surface area contributed by atoms with E-state index in [1.165, 1.54) is 21.9 Å². The molecule has 2 aromatic heterocycles. The highest BCUT2D eigenvalue weighted by molar-refractivity contribution is 7.16. The van der Waals surface area contributed by atoms with Gasteiger partial charge in [-0.2, -0.15) is 9.61 Å². The fourth-order valence-corrected chi connectivity index (χ4v) is 3.30. The van der Waals surface area contributed by atoms with E-state index >= 15 is 0 Å². The first kappa shape index (κ1) is 20.7. The van der Waals surface area contributed by atoms with Crippen LogP contribution in [-0.2, 0) is 16.1 Å². The number of benzene rings is 1. The molecular weight excluding hydrogens is 392 g/mol. The third-order valence-corrected chi connectivity index (χ3v) is 5.28. The second kappa shape index (κ2) is 8.52. The van der Waals surface area contributed by atoms with Crippen LogP contribution in [0.15, 0.2) is 35.1 Å². The van der Waals surface area contributed by atoms with Gasteiger partial charge in [0.05, 0.1) is 11.3 Å². The first-order valence-electron chi connectivity index (χ1n) is 9.22. The Labute approximate surface area is 171 Å². The van der Waals surface area contributed by atoms with Crippen LogP contribution in [0.1, 0.15) is 54.7 Å². The number of aromatic nitrogens is 3. The topological polar surface area (TPSA) is 103 Å². The quantitative estimate of drug-likeness (QED) is 0.621. The van der Waals surface area contributed by atoms with Gasteiger partial charge in [-0.15, -0.1) is 0 Å². The first-order valence-corrected chi connectivity index (χ1v) is 10.0. The minimum Gasteiger partial charge on any atom is -0.456 e. The summed E-state index contributed by atoms with van der Waals surface area (Å²) in [4.78, 5) is 41.0. The van der Waals surface area contributed by atoms with Gasteiger partial charge in [0.2, 0.25) is 10.9 Å². The van der Waals surface area contributed by atoms with E-state index < -0.39 is 5.97 Å². The number of nitrogens with zero attached hydrogens (tertiary/aromatic N) is 3. The van der Waals surface area contributed by atoms with Gasteiger partial charge in [-0.05, 0) is 24.3 Å². The Morgan fingerprint density at radius 2 is 1.86 bits per heavy atom. The Hall–Kier alpha value is -3.07. The predicted octanol–water partition coefficient (Wildman–Crippen LogP) is 3.23. The van der Waals surface area contributed by atoms with Crippen molar-refractivity contribution in [1.29, 1.82) is 0 Å². The van der Waals surface area contributed by atoms with Gasteiger partial charge in [-0.25, -0.2) is 9.78 Å². The standard InChI is InChI=1S/C20H22N4O4S/c1-11(2)17(26)21-14-7-5-13(6-8-14)19(27)28-10-15-9-16(25)24-20(22-15)29-18(23-24)12(3)4/h5-9,11-12H,10H2,1-4H3,(H,21,26). The van der Waals surface area contributed by atoms with Crippen molar-refractivity contribution in [2.24, 2.45) is 5.92 Å². The van der Waals surface area contributed by atoms with Gasteiger partial charge >= 0.3 is 5.97 Å². The van der Waals surface area contributed by atoms with E-state index in [9.17, 15) is 14.4 Å². The molecule has 0 unspecified atom stereocenters. The molecule has 8 nitrogen and oxygen atoms in total. The number of fused-ring (bicyclic) bond motifs is 1. The van der Waals surface area contributed by atoms with Gasteiger partial charge in [-0.1, -0.05) is 39.0 Å². The Bertz CT molecular complexity index is 1100. The Morgan fingerprint density at radius 3 is 2.48 bits per heavy atom. The zero-order valence-corrected chi connectivity index (χ0v) is 17.4. The maximum absolute atomic E-state index is 12.3. The van der Waals surface area contributed by atoms with Crippen molar-refractivity contribution in [3.05, 3.63) is 57.0 Å². The van der Waals surface area contributed by atoms with Gasteiger partial charge in [0, 0.05) is 23.6 Å². The Morgan fingerprint density at radius 1 is 1.17 bits per heavy atom. The summed E-state index contributed by atoms with van der Waals surface area (Å²) >= 11 is 1.34. The third-order valence-electron chi connectivity index (χ3n) is 4.07. The Kier molecular flexibility index (Phi) is 6.07. The van der Waals surface area contributed by atoms with Crippen molar-refractivity contribution in [2.75, 3.05) is 5.32 Å². The van der Waals surface area contributed by atoms with Crippen molar-refractivity contribution < 1.29 is 14.3 Å². The third kappa shape index (κ3) is 4.86. The summed E-state index contributed by atoms with van der Waals surface area (Å²) in [6.45, 7) is 7.46. The number of carbonyl (C=O) groups excluding carboxylic acids is 2. The molecule has 0 spiro atoms. The van der Waals surface area contributed by atoms with E-state index in [1.54, 1.807) is 38.1 Å². The van der Waals surface area contributed by atoms with E-state index in [0.29, 0.717) is 21.9 Å². The number of nitrogens with one attached hydrogen (secondary N) is 1. The van der Waals surface area contributed by atoms with Crippen LogP contribution in [0.2, 0.25) is 0 Å². The van der Waals surface area contributed by atoms with Crippen molar-refractivity contribution in [3.63, 3.8) is 0 Å². The smallest absolute Gasteiger partial charge is 0.338 e. The average Bonchev–Trinajstić information content (AvgIpc) is 3.12. The molecule has 29 heavy (non-hydrogen) atoms. The van der Waals surface area contributed by atoms with Crippen molar-refractivity contribution in [1.82, 2.24) is 14.6 Å². The van der Waals surface area contributed by atoms with Gasteiger partial charge in [0.15, 0.2) is 0 Å². The minimum atomic E-state index is -0.541. The Balaban J connectivity index is 1.67. The van der Waals surface area contributed by atoms with Crippen molar-refractivity contribution in [3.8, 4) is 0 Å². The van der Waals surface area contributed by atoms with E-state index in [0.717, 1.165) is 5.01 Å². The van der Waals surface area contributed by atoms with Crippen LogP contribution in [-0.4, -0.2) is 26.5 Å². The SMILES string of the molecule is CC(C)C(=O)Nc1ccc(C(=O)OCc2cc(=O)n3nc(C(C)C)sc3n2)cc1. The number of hydrogen-bond acceptors (Lipinski definition) is 7. The number of hydrogen-bond donors (Lipinski definition) is 1. The molecule has 0 aliphatic carbocycles. The van der Waals surface area contributed by atoms with E-state index in [-0.39, 0.29) is 29.9 Å². The lowest BCUT2D eigenvalue weighted by Crippen LogP contribution is -2.18. The molecule has 2 heterocycles. The molecule has 3 rings (SSSR count). The largest absolute Gasteiger partial charge is 0.456 e. The van der Waals surface area contributed by atoms with Crippen LogP contribution >= 0.6 is 11.3 Å². The molecule has 0 saturated heterocycles. The summed E-state index contributed by atoms with van der Waals surface area (Å²) in [6.07, 6.45) is 0. The number of amides is 1. The van der Waals surface area contributed by atoms with Crippen molar-refractivity contribution >= 4 is 33.9 Å². The fourth-order valence-electron chi connectivity index (χ4n) is 2.38. The monoisotopic (exact) mass is 414 g/mol. The molecule has 3 aromatic rings. The minimum absolute atomic E-state index is 0.100. The van der Waals surface area contributed by atoms with Gasteiger partial charge in [0.25, 0.3) is 5.56 Å². The predicted molar refractivity (Wildman–Crippen MR) is 110 cm³/mol. The molecule has 1 N–H and O–H groups in total. The lowest BCUT2D eigenvalue weighted by Gasteiger charge is -2.08. The number of carbonyl (C=O) groups is 2. The van der Waals surface area contributed by atoms with Gasteiger partial charge in [-0.3, -0.25) is 9.59 Å². The van der Waals surface area contributed by atoms with Crippen LogP contribution in [0.3, 0.4) is 0 Å². The summed E-state index contributed by atoms with van der Waals surface area (Å²) in [5.41, 5.74) is 0.995. The number of ether oxygens (including phenoxy) is 1. The molecular formula is C20H22N4O4S. The van der Waals surface area contributed by atoms with Crippen LogP contribution in [0, 0.1) is 5.92 Å². The summed E-state index contributed by atoms with van der Waals surface area (Å²) in [6, 6.07) is 7.73. The number of rotatable bonds is 6. The normalized spacial score (nSPS) is 11.2. The molecule has 0 aliphatic heterocycles. The molecule has 9 heteroatoms. The lowest BCUT2D eigenvalue weighted by atomic mass is 10.2. The number of esters is 1. The van der Waals surface area contributed by atoms with Gasteiger partial charge < -0.3 is 10.1 Å². The van der Waals surface area contributed by atoms with Gasteiger partial charge in [0.1, 0.15) is 11.6 Å². The van der Waals surface area contributed by atoms with Crippen LogP contribution in [0.25, 0.3) is 4.96 Å². The molecule has 1 aromatic carbocycles. The summed E-state index contributed by atoms with van der Waals surface area (Å²) < 4.78 is 6.54.